The van der Waals surface area contributed by atoms with Crippen LogP contribution in [0.2, 0.25) is 0 Å². The van der Waals surface area contributed by atoms with Crippen molar-refractivity contribution in [3.05, 3.63) is 78.1 Å². The molecule has 1 N–H and O–H groups in total. The van der Waals surface area contributed by atoms with Gasteiger partial charge in [-0.15, -0.1) is 0 Å². The lowest BCUT2D eigenvalue weighted by atomic mass is 9.65. The molecule has 162 valence electrons. The zero-order valence-corrected chi connectivity index (χ0v) is 18.0. The topological polar surface area (TPSA) is 63.4 Å². The van der Waals surface area contributed by atoms with Gasteiger partial charge >= 0.3 is 0 Å². The molecule has 31 heavy (non-hydrogen) atoms. The van der Waals surface area contributed by atoms with Crippen LogP contribution >= 0.6 is 0 Å². The van der Waals surface area contributed by atoms with E-state index in [0.29, 0.717) is 6.61 Å². The number of benzene rings is 1. The first-order valence-electron chi connectivity index (χ1n) is 11.2. The lowest BCUT2D eigenvalue weighted by Gasteiger charge is -2.52. The summed E-state index contributed by atoms with van der Waals surface area (Å²) in [6.07, 6.45) is 8.80. The Morgan fingerprint density at radius 2 is 1.90 bits per heavy atom. The van der Waals surface area contributed by atoms with Gasteiger partial charge in [-0.05, 0) is 42.7 Å². The molecule has 1 saturated heterocycles. The molecule has 2 bridgehead atoms. The normalized spacial score (nSPS) is 26.0. The van der Waals surface area contributed by atoms with E-state index in [-0.39, 0.29) is 11.8 Å². The van der Waals surface area contributed by atoms with Crippen molar-refractivity contribution in [2.24, 2.45) is 18.9 Å². The van der Waals surface area contributed by atoms with E-state index in [4.69, 9.17) is 4.74 Å². The van der Waals surface area contributed by atoms with Crippen molar-refractivity contribution >= 4 is 0 Å². The summed E-state index contributed by atoms with van der Waals surface area (Å²) >= 11 is 0. The number of hydrogen-bond acceptors (Lipinski definition) is 5. The number of piperidine rings is 1. The van der Waals surface area contributed by atoms with Gasteiger partial charge in [0.1, 0.15) is 23.8 Å². The number of rotatable bonds is 6. The molecule has 3 heterocycles. The van der Waals surface area contributed by atoms with E-state index in [1.807, 2.05) is 42.1 Å². The van der Waals surface area contributed by atoms with Crippen molar-refractivity contribution in [2.75, 3.05) is 13.1 Å². The monoisotopic (exact) mass is 418 g/mol. The SMILES string of the molecule is Cn1ccnc1C1(O)[C@H]2CCC[C@H]1CN(Cc1cccc(OCc3ccccn3)c1)C2. The minimum absolute atomic E-state index is 0.213. The fraction of sp³-hybridized carbons (Fsp3) is 0.440. The third-order valence-corrected chi connectivity index (χ3v) is 6.90. The summed E-state index contributed by atoms with van der Waals surface area (Å²) in [5.74, 6) is 2.12. The fourth-order valence-electron chi connectivity index (χ4n) is 5.42. The summed E-state index contributed by atoms with van der Waals surface area (Å²) in [5.41, 5.74) is 1.34. The van der Waals surface area contributed by atoms with Gasteiger partial charge < -0.3 is 14.4 Å². The van der Waals surface area contributed by atoms with E-state index >= 15 is 0 Å². The van der Waals surface area contributed by atoms with Crippen molar-refractivity contribution in [1.82, 2.24) is 19.4 Å². The van der Waals surface area contributed by atoms with Crippen molar-refractivity contribution in [1.29, 1.82) is 0 Å². The Kier molecular flexibility index (Phi) is 5.50. The minimum Gasteiger partial charge on any atom is -0.487 e. The summed E-state index contributed by atoms with van der Waals surface area (Å²) in [4.78, 5) is 11.3. The average Bonchev–Trinajstić information content (AvgIpc) is 3.21. The van der Waals surface area contributed by atoms with Gasteiger partial charge in [0.05, 0.1) is 5.69 Å². The van der Waals surface area contributed by atoms with Crippen LogP contribution in [0.4, 0.5) is 0 Å². The maximum absolute atomic E-state index is 11.8. The molecule has 2 atom stereocenters. The molecule has 0 amide bonds. The molecule has 0 unspecified atom stereocenters. The van der Waals surface area contributed by atoms with Crippen LogP contribution in [0.3, 0.4) is 0 Å². The predicted octanol–water partition coefficient (Wildman–Crippen LogP) is 3.51. The van der Waals surface area contributed by atoms with Gasteiger partial charge in [0.2, 0.25) is 0 Å². The smallest absolute Gasteiger partial charge is 0.141 e. The number of aryl methyl sites for hydroxylation is 1. The minimum atomic E-state index is -0.819. The highest BCUT2D eigenvalue weighted by Crippen LogP contribution is 2.48. The highest BCUT2D eigenvalue weighted by atomic mass is 16.5. The van der Waals surface area contributed by atoms with Crippen LogP contribution in [-0.4, -0.2) is 37.6 Å². The summed E-state index contributed by atoms with van der Waals surface area (Å²) in [6, 6.07) is 14.2. The van der Waals surface area contributed by atoms with Crippen molar-refractivity contribution in [3.8, 4) is 5.75 Å². The van der Waals surface area contributed by atoms with E-state index in [1.54, 1.807) is 12.4 Å². The predicted molar refractivity (Wildman–Crippen MR) is 118 cm³/mol. The molecule has 2 aromatic heterocycles. The van der Waals surface area contributed by atoms with Crippen LogP contribution in [-0.2, 0) is 25.8 Å². The molecular weight excluding hydrogens is 388 g/mol. The number of imidazole rings is 1. The Labute approximate surface area is 183 Å². The Morgan fingerprint density at radius 1 is 1.06 bits per heavy atom. The van der Waals surface area contributed by atoms with Crippen molar-refractivity contribution < 1.29 is 9.84 Å². The molecule has 3 aromatic rings. The van der Waals surface area contributed by atoms with Crippen LogP contribution in [0.5, 0.6) is 5.75 Å². The lowest BCUT2D eigenvalue weighted by molar-refractivity contribution is -0.155. The Hall–Kier alpha value is -2.70. The molecule has 6 nitrogen and oxygen atoms in total. The molecule has 0 radical (unpaired) electrons. The zero-order valence-electron chi connectivity index (χ0n) is 18.0. The van der Waals surface area contributed by atoms with Crippen LogP contribution in [0.25, 0.3) is 0 Å². The number of likely N-dealkylation sites (tertiary alicyclic amines) is 1. The first-order chi connectivity index (χ1) is 15.1. The van der Waals surface area contributed by atoms with Gasteiger partial charge in [-0.3, -0.25) is 9.88 Å². The lowest BCUT2D eigenvalue weighted by Crippen LogP contribution is -2.58. The second-order valence-electron chi connectivity index (χ2n) is 8.96. The number of fused-ring (bicyclic) bond motifs is 2. The molecule has 1 aliphatic heterocycles. The standard InChI is InChI=1S/C25H30N4O2/c1-28-13-12-27-24(28)25(30)20-7-5-8-21(25)17-29(16-20)15-19-6-4-10-23(14-19)31-18-22-9-2-3-11-26-22/h2-4,6,9-14,20-21,30H,5,7-8,15-18H2,1H3/t20-,21-/m0/s1. The van der Waals surface area contributed by atoms with E-state index in [9.17, 15) is 5.11 Å². The van der Waals surface area contributed by atoms with Gasteiger partial charge in [0, 0.05) is 57.1 Å². The third kappa shape index (κ3) is 3.98. The summed E-state index contributed by atoms with van der Waals surface area (Å²) in [5, 5.41) is 11.8. The first kappa shape index (κ1) is 20.2. The second-order valence-corrected chi connectivity index (χ2v) is 8.96. The molecule has 2 fully saturated rings. The van der Waals surface area contributed by atoms with Gasteiger partial charge in [-0.25, -0.2) is 4.98 Å². The van der Waals surface area contributed by atoms with Crippen LogP contribution in [0, 0.1) is 11.8 Å². The number of ether oxygens (including phenoxy) is 1. The summed E-state index contributed by atoms with van der Waals surface area (Å²) in [7, 11) is 1.98. The number of hydrogen-bond donors (Lipinski definition) is 1. The quantitative estimate of drug-likeness (QED) is 0.664. The summed E-state index contributed by atoms with van der Waals surface area (Å²) < 4.78 is 7.95. The summed E-state index contributed by atoms with van der Waals surface area (Å²) in [6.45, 7) is 3.11. The van der Waals surface area contributed by atoms with Crippen molar-refractivity contribution in [2.45, 2.75) is 38.0 Å². The molecule has 2 aliphatic rings. The first-order valence-corrected chi connectivity index (χ1v) is 11.2. The Bertz CT molecular complexity index is 1010. The number of pyridine rings is 1. The second kappa shape index (κ2) is 8.44. The van der Waals surface area contributed by atoms with Gasteiger partial charge in [0.25, 0.3) is 0 Å². The van der Waals surface area contributed by atoms with E-state index < -0.39 is 5.60 Å². The number of aliphatic hydroxyl groups is 1. The Balaban J connectivity index is 1.27. The van der Waals surface area contributed by atoms with Crippen LogP contribution in [0.1, 0.15) is 36.3 Å². The molecular formula is C25H30N4O2. The fourth-order valence-corrected chi connectivity index (χ4v) is 5.42. The maximum Gasteiger partial charge on any atom is 0.141 e. The van der Waals surface area contributed by atoms with E-state index in [0.717, 1.165) is 49.7 Å². The van der Waals surface area contributed by atoms with Gasteiger partial charge in [-0.1, -0.05) is 24.6 Å². The largest absolute Gasteiger partial charge is 0.487 e. The van der Waals surface area contributed by atoms with Crippen LogP contribution < -0.4 is 4.74 Å². The van der Waals surface area contributed by atoms with E-state index in [2.05, 4.69) is 33.1 Å². The van der Waals surface area contributed by atoms with Crippen molar-refractivity contribution in [3.63, 3.8) is 0 Å². The van der Waals surface area contributed by atoms with Gasteiger partial charge in [-0.2, -0.15) is 0 Å². The Morgan fingerprint density at radius 3 is 2.61 bits per heavy atom. The van der Waals surface area contributed by atoms with Crippen LogP contribution in [0.15, 0.2) is 61.1 Å². The molecule has 6 heteroatoms. The van der Waals surface area contributed by atoms with Gasteiger partial charge in [0.15, 0.2) is 0 Å². The molecule has 0 spiro atoms. The molecule has 1 aromatic carbocycles. The number of nitrogens with zero attached hydrogens (tertiary/aromatic N) is 4. The third-order valence-electron chi connectivity index (χ3n) is 6.90. The highest BCUT2D eigenvalue weighted by Gasteiger charge is 2.53. The highest BCUT2D eigenvalue weighted by molar-refractivity contribution is 5.29. The molecule has 1 aliphatic carbocycles. The maximum atomic E-state index is 11.8. The zero-order chi connectivity index (χ0) is 21.3. The number of aromatic nitrogens is 3. The van der Waals surface area contributed by atoms with E-state index in [1.165, 1.54) is 12.0 Å². The molecule has 5 rings (SSSR count). The average molecular weight is 419 g/mol. The molecule has 1 saturated carbocycles.